The first-order valence-electron chi connectivity index (χ1n) is 7.31. The van der Waals surface area contributed by atoms with E-state index in [-0.39, 0.29) is 23.0 Å². The molecule has 1 amide bonds. The molecule has 1 saturated heterocycles. The molecule has 4 heteroatoms. The van der Waals surface area contributed by atoms with Crippen LogP contribution in [0.5, 0.6) is 0 Å². The maximum absolute atomic E-state index is 12.4. The van der Waals surface area contributed by atoms with Crippen LogP contribution in [0.25, 0.3) is 0 Å². The third-order valence-electron chi connectivity index (χ3n) is 3.78. The van der Waals surface area contributed by atoms with Crippen molar-refractivity contribution in [2.75, 3.05) is 0 Å². The molecular formula is C17H23N3O. The van der Waals surface area contributed by atoms with Crippen molar-refractivity contribution in [3.05, 3.63) is 35.4 Å². The number of hydrogen-bond acceptors (Lipinski definition) is 3. The highest BCUT2D eigenvalue weighted by atomic mass is 16.1. The predicted octanol–water partition coefficient (Wildman–Crippen LogP) is 2.60. The molecule has 4 nitrogen and oxygen atoms in total. The van der Waals surface area contributed by atoms with Crippen LogP contribution in [-0.2, 0) is 0 Å². The molecule has 1 aromatic carbocycles. The Labute approximate surface area is 126 Å². The summed E-state index contributed by atoms with van der Waals surface area (Å²) in [7, 11) is 0. The lowest BCUT2D eigenvalue weighted by Crippen LogP contribution is -2.62. The number of nitrogens with zero attached hydrogens (tertiary/aromatic N) is 1. The molecule has 2 N–H and O–H groups in total. The summed E-state index contributed by atoms with van der Waals surface area (Å²) in [6.07, 6.45) is 1.78. The fraction of sp³-hybridized carbons (Fsp3) is 0.529. The van der Waals surface area contributed by atoms with E-state index in [0.29, 0.717) is 11.1 Å². The SMILES string of the molecule is CC1(C)CC(NC(=O)c2cccc(C#N)c2)CC(C)(C)N1. The van der Waals surface area contributed by atoms with Crippen molar-refractivity contribution in [1.82, 2.24) is 10.6 Å². The van der Waals surface area contributed by atoms with Gasteiger partial charge in [0.1, 0.15) is 0 Å². The molecule has 0 bridgehead atoms. The maximum atomic E-state index is 12.4. The minimum absolute atomic E-state index is 0.00575. The average Bonchev–Trinajstić information content (AvgIpc) is 2.35. The Morgan fingerprint density at radius 1 is 1.29 bits per heavy atom. The van der Waals surface area contributed by atoms with Crippen LogP contribution >= 0.6 is 0 Å². The van der Waals surface area contributed by atoms with Gasteiger partial charge < -0.3 is 10.6 Å². The molecule has 112 valence electrons. The monoisotopic (exact) mass is 285 g/mol. The molecule has 1 aliphatic heterocycles. The second kappa shape index (κ2) is 5.50. The smallest absolute Gasteiger partial charge is 0.251 e. The minimum atomic E-state index is -0.106. The summed E-state index contributed by atoms with van der Waals surface area (Å²) in [5.74, 6) is -0.106. The van der Waals surface area contributed by atoms with Crippen LogP contribution in [0, 0.1) is 11.3 Å². The summed E-state index contributed by atoms with van der Waals surface area (Å²) in [4.78, 5) is 12.4. The van der Waals surface area contributed by atoms with Crippen LogP contribution in [0.3, 0.4) is 0 Å². The minimum Gasteiger partial charge on any atom is -0.349 e. The van der Waals surface area contributed by atoms with Crippen molar-refractivity contribution in [3.63, 3.8) is 0 Å². The van der Waals surface area contributed by atoms with Crippen molar-refractivity contribution < 1.29 is 4.79 Å². The van der Waals surface area contributed by atoms with Gasteiger partial charge in [0.25, 0.3) is 5.91 Å². The summed E-state index contributed by atoms with van der Waals surface area (Å²) in [6, 6.07) is 9.01. The van der Waals surface area contributed by atoms with Gasteiger partial charge in [-0.15, -0.1) is 0 Å². The van der Waals surface area contributed by atoms with Crippen LogP contribution in [-0.4, -0.2) is 23.0 Å². The van der Waals surface area contributed by atoms with Crippen LogP contribution in [0.4, 0.5) is 0 Å². The first kappa shape index (κ1) is 15.5. The first-order valence-corrected chi connectivity index (χ1v) is 7.31. The van der Waals surface area contributed by atoms with Crippen LogP contribution in [0.15, 0.2) is 24.3 Å². The molecule has 0 radical (unpaired) electrons. The molecule has 0 atom stereocenters. The van der Waals surface area contributed by atoms with E-state index in [1.807, 2.05) is 0 Å². The molecule has 21 heavy (non-hydrogen) atoms. The Kier molecular flexibility index (Phi) is 4.06. The summed E-state index contributed by atoms with van der Waals surface area (Å²) < 4.78 is 0. The molecule has 1 fully saturated rings. The lowest BCUT2D eigenvalue weighted by Gasteiger charge is -2.46. The molecule has 0 spiro atoms. The Morgan fingerprint density at radius 3 is 2.48 bits per heavy atom. The number of amides is 1. The molecule has 1 heterocycles. The third kappa shape index (κ3) is 4.05. The van der Waals surface area contributed by atoms with Gasteiger partial charge in [-0.05, 0) is 58.7 Å². The molecule has 1 aliphatic rings. The van der Waals surface area contributed by atoms with E-state index in [2.05, 4.69) is 44.4 Å². The maximum Gasteiger partial charge on any atom is 0.251 e. The number of piperidine rings is 1. The summed E-state index contributed by atoms with van der Waals surface area (Å²) in [6.45, 7) is 8.62. The number of nitriles is 1. The number of nitrogens with one attached hydrogen (secondary N) is 2. The van der Waals surface area contributed by atoms with E-state index in [1.54, 1.807) is 24.3 Å². The second-order valence-corrected chi connectivity index (χ2v) is 7.16. The highest BCUT2D eigenvalue weighted by Crippen LogP contribution is 2.28. The summed E-state index contributed by atoms with van der Waals surface area (Å²) >= 11 is 0. The van der Waals surface area contributed by atoms with Gasteiger partial charge >= 0.3 is 0 Å². The summed E-state index contributed by atoms with van der Waals surface area (Å²) in [5, 5.41) is 15.6. The molecule has 2 rings (SSSR count). The van der Waals surface area contributed by atoms with Crippen molar-refractivity contribution in [2.24, 2.45) is 0 Å². The van der Waals surface area contributed by atoms with Gasteiger partial charge in [-0.2, -0.15) is 5.26 Å². The highest BCUT2D eigenvalue weighted by molar-refractivity contribution is 5.94. The Morgan fingerprint density at radius 2 is 1.90 bits per heavy atom. The van der Waals surface area contributed by atoms with Gasteiger partial charge in [-0.25, -0.2) is 0 Å². The second-order valence-electron chi connectivity index (χ2n) is 7.16. The quantitative estimate of drug-likeness (QED) is 0.878. The van der Waals surface area contributed by atoms with E-state index >= 15 is 0 Å². The van der Waals surface area contributed by atoms with Crippen molar-refractivity contribution >= 4 is 5.91 Å². The highest BCUT2D eigenvalue weighted by Gasteiger charge is 2.38. The number of rotatable bonds is 2. The van der Waals surface area contributed by atoms with Crippen molar-refractivity contribution in [2.45, 2.75) is 57.7 Å². The van der Waals surface area contributed by atoms with E-state index in [0.717, 1.165) is 12.8 Å². The van der Waals surface area contributed by atoms with E-state index in [9.17, 15) is 4.79 Å². The van der Waals surface area contributed by atoms with Crippen LogP contribution < -0.4 is 10.6 Å². The van der Waals surface area contributed by atoms with Gasteiger partial charge in [0.05, 0.1) is 11.6 Å². The number of hydrogen-bond donors (Lipinski definition) is 2. The molecule has 0 unspecified atom stereocenters. The van der Waals surface area contributed by atoms with Gasteiger partial charge in [0, 0.05) is 22.7 Å². The molecule has 0 aliphatic carbocycles. The van der Waals surface area contributed by atoms with Crippen LogP contribution in [0.2, 0.25) is 0 Å². The van der Waals surface area contributed by atoms with Crippen LogP contribution in [0.1, 0.15) is 56.5 Å². The summed E-state index contributed by atoms with van der Waals surface area (Å²) in [5.41, 5.74) is 1.04. The van der Waals surface area contributed by atoms with Crippen molar-refractivity contribution in [1.29, 1.82) is 5.26 Å². The van der Waals surface area contributed by atoms with Gasteiger partial charge in [-0.1, -0.05) is 6.07 Å². The molecule has 0 saturated carbocycles. The number of carbonyl (C=O) groups is 1. The Hall–Kier alpha value is -1.86. The zero-order valence-corrected chi connectivity index (χ0v) is 13.2. The van der Waals surface area contributed by atoms with E-state index in [1.165, 1.54) is 0 Å². The molecule has 0 aromatic heterocycles. The zero-order valence-electron chi connectivity index (χ0n) is 13.2. The fourth-order valence-electron chi connectivity index (χ4n) is 3.42. The predicted molar refractivity (Wildman–Crippen MR) is 82.9 cm³/mol. The van der Waals surface area contributed by atoms with E-state index in [4.69, 9.17) is 5.26 Å². The van der Waals surface area contributed by atoms with Gasteiger partial charge in [0.15, 0.2) is 0 Å². The number of carbonyl (C=O) groups excluding carboxylic acids is 1. The topological polar surface area (TPSA) is 64.9 Å². The average molecular weight is 285 g/mol. The number of benzene rings is 1. The van der Waals surface area contributed by atoms with E-state index < -0.39 is 0 Å². The lowest BCUT2D eigenvalue weighted by atomic mass is 9.79. The van der Waals surface area contributed by atoms with Gasteiger partial charge in [0.2, 0.25) is 0 Å². The normalized spacial score (nSPS) is 20.5. The fourth-order valence-corrected chi connectivity index (χ4v) is 3.42. The van der Waals surface area contributed by atoms with Gasteiger partial charge in [-0.3, -0.25) is 4.79 Å². The largest absolute Gasteiger partial charge is 0.349 e. The van der Waals surface area contributed by atoms with Crippen molar-refractivity contribution in [3.8, 4) is 6.07 Å². The Bertz CT molecular complexity index is 568. The molecular weight excluding hydrogens is 262 g/mol. The standard InChI is InChI=1S/C17H23N3O/c1-16(2)9-14(10-17(3,4)20-16)19-15(21)13-7-5-6-12(8-13)11-18/h5-8,14,20H,9-10H2,1-4H3,(H,19,21). The molecule has 1 aromatic rings. The first-order chi connectivity index (χ1) is 9.71. The Balaban J connectivity index is 2.10. The lowest BCUT2D eigenvalue weighted by molar-refractivity contribution is 0.0873. The third-order valence-corrected chi connectivity index (χ3v) is 3.78. The zero-order chi connectivity index (χ0) is 15.7.